The summed E-state index contributed by atoms with van der Waals surface area (Å²) in [5.74, 6) is -1.63. The lowest BCUT2D eigenvalue weighted by atomic mass is 10.0. The van der Waals surface area contributed by atoms with Crippen LogP contribution in [0.3, 0.4) is 0 Å². The quantitative estimate of drug-likeness (QED) is 0.651. The van der Waals surface area contributed by atoms with Crippen LogP contribution in [0.2, 0.25) is 0 Å². The highest BCUT2D eigenvalue weighted by Gasteiger charge is 2.36. The van der Waals surface area contributed by atoms with E-state index in [9.17, 15) is 13.2 Å². The van der Waals surface area contributed by atoms with Gasteiger partial charge in [0.2, 0.25) is 0 Å². The summed E-state index contributed by atoms with van der Waals surface area (Å²) >= 11 is 6.44. The van der Waals surface area contributed by atoms with Crippen LogP contribution < -0.4 is 0 Å². The highest BCUT2D eigenvalue weighted by atomic mass is 79.9. The van der Waals surface area contributed by atoms with E-state index in [1.165, 1.54) is 12.1 Å². The monoisotopic (exact) mass is 355 g/mol. The highest BCUT2D eigenvalue weighted by Crippen LogP contribution is 2.33. The molecule has 81 valence electrons. The zero-order valence-electron chi connectivity index (χ0n) is 7.77. The van der Waals surface area contributed by atoms with Gasteiger partial charge in [0.1, 0.15) is 0 Å². The molecular weight excluding hydrogens is 349 g/mol. The molecule has 0 aliphatic carbocycles. The first-order valence-electron chi connectivity index (χ1n) is 4.00. The van der Waals surface area contributed by atoms with Crippen LogP contribution in [0.25, 0.3) is 0 Å². The van der Waals surface area contributed by atoms with Crippen molar-refractivity contribution in [3.8, 4) is 0 Å². The Morgan fingerprint density at radius 3 is 1.87 bits per heavy atom. The number of benzene rings is 1. The fraction of sp³-hybridized carbons (Fsp3) is 0.222. The Morgan fingerprint density at radius 1 is 1.13 bits per heavy atom. The molecule has 0 fully saturated rings. The van der Waals surface area contributed by atoms with E-state index in [1.807, 2.05) is 0 Å². The Labute approximate surface area is 109 Å². The topological polar surface area (TPSA) is 0 Å². The number of rotatable bonds is 1. The van der Waals surface area contributed by atoms with Crippen LogP contribution in [0.4, 0.5) is 13.2 Å². The maximum atomic E-state index is 12.1. The molecule has 1 atom stereocenters. The molecule has 0 heterocycles. The van der Waals surface area contributed by atoms with Gasteiger partial charge in [0.25, 0.3) is 0 Å². The zero-order chi connectivity index (χ0) is 11.9. The van der Waals surface area contributed by atoms with Gasteiger partial charge in [-0.25, -0.2) is 0 Å². The molecule has 15 heavy (non-hydrogen) atoms. The lowest BCUT2D eigenvalue weighted by molar-refractivity contribution is -0.140. The van der Waals surface area contributed by atoms with Crippen LogP contribution in [-0.2, 0) is 0 Å². The van der Waals surface area contributed by atoms with Gasteiger partial charge < -0.3 is 0 Å². The Kier molecular flexibility index (Phi) is 8.31. The first-order valence-corrected chi connectivity index (χ1v) is 11.8. The molecule has 0 aliphatic heterocycles. The fourth-order valence-corrected chi connectivity index (χ4v) is 0.874. The molecule has 0 saturated carbocycles. The second-order valence-electron chi connectivity index (χ2n) is 2.61. The molecule has 1 radical (unpaired) electrons. The van der Waals surface area contributed by atoms with Gasteiger partial charge in [-0.05, 0) is 12.5 Å². The summed E-state index contributed by atoms with van der Waals surface area (Å²) in [4.78, 5) is 0. The van der Waals surface area contributed by atoms with Crippen LogP contribution in [0.1, 0.15) is 11.5 Å². The molecule has 0 N–H and O–H groups in total. The number of halogens is 5. The predicted molar refractivity (Wildman–Crippen MR) is 64.2 cm³/mol. The normalized spacial score (nSPS) is 12.1. The smallest absolute Gasteiger partial charge is 0.280 e. The minimum absolute atomic E-state index is 0.0417. The average molecular weight is 357 g/mol. The lowest BCUT2D eigenvalue weighted by Gasteiger charge is -2.14. The molecule has 1 aromatic rings. The van der Waals surface area contributed by atoms with Crippen molar-refractivity contribution in [2.75, 3.05) is 0 Å². The van der Waals surface area contributed by atoms with E-state index in [2.05, 4.69) is 32.7 Å². The molecule has 0 nitrogen and oxygen atoms in total. The Hall–Kier alpha value is 0.736. The van der Waals surface area contributed by atoms with Gasteiger partial charge in [-0.3, -0.25) is 25.8 Å². The predicted octanol–water partition coefficient (Wildman–Crippen LogP) is 4.48. The summed E-state index contributed by atoms with van der Waals surface area (Å²) in [5, 5.41) is 0. The van der Waals surface area contributed by atoms with Gasteiger partial charge in [0.05, 0.1) is 5.92 Å². The molecule has 0 aromatic heterocycles. The minimum Gasteiger partial charge on any atom is -0.280 e. The van der Waals surface area contributed by atoms with Crippen LogP contribution in [0.5, 0.6) is 0 Å². The van der Waals surface area contributed by atoms with E-state index < -0.39 is 12.1 Å². The summed E-state index contributed by atoms with van der Waals surface area (Å²) in [6, 6.07) is 7.65. The van der Waals surface area contributed by atoms with Crippen LogP contribution in [-0.4, -0.2) is 22.2 Å². The molecule has 6 heteroatoms. The standard InChI is InChI=1S/C9H8F3.2BrH.Mg/c1-7(9(10,11)12)8-5-3-2-4-6-8;;;/h2-7H,1H2;2*1H;/q;;;+2/p-2. The van der Waals surface area contributed by atoms with E-state index in [1.54, 1.807) is 18.2 Å². The van der Waals surface area contributed by atoms with E-state index in [0.717, 1.165) is 0 Å². The van der Waals surface area contributed by atoms with Gasteiger partial charge in [-0.2, -0.15) is 13.2 Å². The van der Waals surface area contributed by atoms with Gasteiger partial charge in [-0.15, -0.1) is 0 Å². The van der Waals surface area contributed by atoms with Gasteiger partial charge in [0, 0.05) is 0 Å². The zero-order valence-corrected chi connectivity index (χ0v) is 12.4. The first-order chi connectivity index (χ1) is 6.93. The maximum absolute atomic E-state index is 12.1. The van der Waals surface area contributed by atoms with Gasteiger partial charge in [0.15, 0.2) is 0 Å². The Bertz CT molecular complexity index is 264. The lowest BCUT2D eigenvalue weighted by Crippen LogP contribution is -2.17. The summed E-state index contributed by atoms with van der Waals surface area (Å²) < 4.78 is 36.2. The van der Waals surface area contributed by atoms with Crippen molar-refractivity contribution in [3.63, 3.8) is 0 Å². The fourth-order valence-electron chi connectivity index (χ4n) is 0.874. The van der Waals surface area contributed by atoms with E-state index >= 15 is 0 Å². The molecule has 1 unspecified atom stereocenters. The molecule has 0 saturated heterocycles. The number of hydrogen-bond acceptors (Lipinski definition) is 0. The van der Waals surface area contributed by atoms with E-state index in [-0.39, 0.29) is 21.6 Å². The highest BCUT2D eigenvalue weighted by molar-refractivity contribution is 9.47. The van der Waals surface area contributed by atoms with Crippen molar-refractivity contribution in [1.29, 1.82) is 0 Å². The molecule has 1 aromatic carbocycles. The van der Waals surface area contributed by atoms with E-state index in [0.29, 0.717) is 0 Å². The van der Waals surface area contributed by atoms with Crippen LogP contribution in [0.15, 0.2) is 30.3 Å². The molecule has 0 spiro atoms. The third-order valence-corrected chi connectivity index (χ3v) is 1.60. The summed E-state index contributed by atoms with van der Waals surface area (Å²) in [6.07, 6.45) is -4.25. The van der Waals surface area contributed by atoms with Crippen molar-refractivity contribution >= 4 is 41.8 Å². The average Bonchev–Trinajstić information content (AvgIpc) is 2.18. The second-order valence-corrected chi connectivity index (χ2v) is 10.7. The third-order valence-electron chi connectivity index (χ3n) is 1.60. The molecule has 0 amide bonds. The largest absolute Gasteiger partial charge is 0.560 e. The Balaban J connectivity index is 0.000000583. The second kappa shape index (κ2) is 7.92. The first kappa shape index (κ1) is 15.7. The molecular formula is C9H8Br2F3Mg. The third kappa shape index (κ3) is 6.81. The van der Waals surface area contributed by atoms with Crippen LogP contribution >= 0.6 is 25.8 Å². The summed E-state index contributed by atoms with van der Waals surface area (Å²) in [7, 11) is 0. The molecule has 0 bridgehead atoms. The Morgan fingerprint density at radius 2 is 1.53 bits per heavy atom. The van der Waals surface area contributed by atoms with Crippen LogP contribution in [0, 0.1) is 6.92 Å². The summed E-state index contributed by atoms with van der Waals surface area (Å²) in [5.41, 5.74) is 0.199. The van der Waals surface area contributed by atoms with Gasteiger partial charge in [-0.1, -0.05) is 30.3 Å². The van der Waals surface area contributed by atoms with Crippen molar-refractivity contribution in [1.82, 2.24) is 0 Å². The summed E-state index contributed by atoms with van der Waals surface area (Å²) in [6.45, 7) is 3.05. The number of alkyl halides is 3. The van der Waals surface area contributed by atoms with Crippen molar-refractivity contribution in [2.45, 2.75) is 12.1 Å². The van der Waals surface area contributed by atoms with E-state index in [4.69, 9.17) is 0 Å². The number of hydrogen-bond donors (Lipinski definition) is 0. The van der Waals surface area contributed by atoms with Crippen molar-refractivity contribution in [2.24, 2.45) is 0 Å². The molecule has 0 aliphatic rings. The SMILES string of the molecule is [Br][Mg][Br].[CH2]C(c1ccccc1)C(F)(F)F. The minimum atomic E-state index is -4.25. The maximum Gasteiger partial charge on any atom is 0.560 e. The van der Waals surface area contributed by atoms with Crippen molar-refractivity contribution < 1.29 is 13.2 Å². The van der Waals surface area contributed by atoms with Gasteiger partial charge >= 0.3 is 22.2 Å². The molecule has 1 rings (SSSR count). The van der Waals surface area contributed by atoms with Crippen molar-refractivity contribution in [3.05, 3.63) is 42.8 Å².